The van der Waals surface area contributed by atoms with Crippen molar-refractivity contribution in [3.8, 4) is 5.75 Å². The van der Waals surface area contributed by atoms with Crippen LogP contribution >= 0.6 is 12.4 Å². The molecule has 0 amide bonds. The minimum absolute atomic E-state index is 0. The van der Waals surface area contributed by atoms with Crippen molar-refractivity contribution in [2.75, 3.05) is 27.7 Å². The van der Waals surface area contributed by atoms with E-state index < -0.39 is 5.97 Å². The van der Waals surface area contributed by atoms with Crippen LogP contribution in [0.4, 0.5) is 0 Å². The smallest absolute Gasteiger partial charge is 0.335 e. The van der Waals surface area contributed by atoms with Gasteiger partial charge in [-0.05, 0) is 80.6 Å². The van der Waals surface area contributed by atoms with Gasteiger partial charge in [-0.15, -0.1) is 12.4 Å². The minimum Gasteiger partial charge on any atom is -0.497 e. The second-order valence-electron chi connectivity index (χ2n) is 7.88. The van der Waals surface area contributed by atoms with Gasteiger partial charge < -0.3 is 14.7 Å². The maximum absolute atomic E-state index is 11.3. The molecule has 2 atom stereocenters. The summed E-state index contributed by atoms with van der Waals surface area (Å²) in [6.07, 6.45) is 5.34. The molecule has 2 aromatic carbocycles. The average molecular weight is 416 g/mol. The number of hydrogen-bond acceptors (Lipinski definition) is 3. The van der Waals surface area contributed by atoms with Gasteiger partial charge in [-0.2, -0.15) is 0 Å². The van der Waals surface area contributed by atoms with E-state index in [1.807, 2.05) is 18.2 Å². The predicted octanol–water partition coefficient (Wildman–Crippen LogP) is 5.34. The number of ether oxygens (including phenoxy) is 1. The van der Waals surface area contributed by atoms with Crippen molar-refractivity contribution in [3.05, 3.63) is 70.8 Å². The first-order chi connectivity index (χ1) is 13.5. The first-order valence-electron chi connectivity index (χ1n) is 9.77. The summed E-state index contributed by atoms with van der Waals surface area (Å²) in [6, 6.07) is 15.6. The van der Waals surface area contributed by atoms with Gasteiger partial charge in [0.2, 0.25) is 0 Å². The SMILES string of the molecule is COc1cccc([C@H]2C/C(=C\c3cccc(C(=O)O)c3)CC[C@H]2CN(C)C)c1.Cl. The van der Waals surface area contributed by atoms with E-state index in [4.69, 9.17) is 4.74 Å². The molecule has 156 valence electrons. The monoisotopic (exact) mass is 415 g/mol. The zero-order chi connectivity index (χ0) is 20.1. The Hall–Kier alpha value is -2.30. The Morgan fingerprint density at radius 3 is 2.66 bits per heavy atom. The highest BCUT2D eigenvalue weighted by Crippen LogP contribution is 2.42. The number of rotatable bonds is 6. The van der Waals surface area contributed by atoms with Crippen molar-refractivity contribution in [1.82, 2.24) is 4.90 Å². The summed E-state index contributed by atoms with van der Waals surface area (Å²) in [5, 5.41) is 9.24. The van der Waals surface area contributed by atoms with Crippen LogP contribution in [0, 0.1) is 5.92 Å². The van der Waals surface area contributed by atoms with Gasteiger partial charge in [0.25, 0.3) is 0 Å². The molecule has 0 bridgehead atoms. The minimum atomic E-state index is -0.885. The normalized spacial score (nSPS) is 20.3. The number of carboxylic acid groups (broad SMARTS) is 1. The Morgan fingerprint density at radius 1 is 1.21 bits per heavy atom. The third-order valence-corrected chi connectivity index (χ3v) is 5.51. The molecule has 1 aliphatic rings. The molecule has 0 unspecified atom stereocenters. The van der Waals surface area contributed by atoms with Crippen LogP contribution in [0.3, 0.4) is 0 Å². The molecule has 0 aliphatic heterocycles. The summed E-state index contributed by atoms with van der Waals surface area (Å²) >= 11 is 0. The van der Waals surface area contributed by atoms with Crippen LogP contribution in [0.15, 0.2) is 54.1 Å². The molecule has 0 heterocycles. The molecule has 1 saturated carbocycles. The number of allylic oxidation sites excluding steroid dienone is 1. The fourth-order valence-corrected chi connectivity index (χ4v) is 4.20. The van der Waals surface area contributed by atoms with E-state index in [-0.39, 0.29) is 12.4 Å². The van der Waals surface area contributed by atoms with Crippen molar-refractivity contribution in [2.24, 2.45) is 5.92 Å². The lowest BCUT2D eigenvalue weighted by Gasteiger charge is -2.35. The van der Waals surface area contributed by atoms with Crippen molar-refractivity contribution >= 4 is 24.5 Å². The average Bonchev–Trinajstić information content (AvgIpc) is 2.69. The molecule has 3 rings (SSSR count). The highest BCUT2D eigenvalue weighted by atomic mass is 35.5. The first kappa shape index (κ1) is 23.0. The molecule has 0 saturated heterocycles. The maximum Gasteiger partial charge on any atom is 0.335 e. The third kappa shape index (κ3) is 6.09. The quantitative estimate of drug-likeness (QED) is 0.691. The summed E-state index contributed by atoms with van der Waals surface area (Å²) in [6.45, 7) is 1.06. The number of carboxylic acids is 1. The Bertz CT molecular complexity index is 863. The van der Waals surface area contributed by atoms with E-state index in [2.05, 4.69) is 43.3 Å². The van der Waals surface area contributed by atoms with Gasteiger partial charge in [0.05, 0.1) is 12.7 Å². The van der Waals surface area contributed by atoms with Gasteiger partial charge in [-0.3, -0.25) is 0 Å². The Balaban J connectivity index is 0.00000300. The largest absolute Gasteiger partial charge is 0.497 e. The Labute approximate surface area is 179 Å². The second-order valence-corrected chi connectivity index (χ2v) is 7.88. The highest BCUT2D eigenvalue weighted by Gasteiger charge is 2.29. The van der Waals surface area contributed by atoms with E-state index in [0.29, 0.717) is 17.4 Å². The topological polar surface area (TPSA) is 49.8 Å². The van der Waals surface area contributed by atoms with E-state index in [1.54, 1.807) is 19.2 Å². The lowest BCUT2D eigenvalue weighted by molar-refractivity contribution is 0.0697. The molecule has 1 aliphatic carbocycles. The van der Waals surface area contributed by atoms with Gasteiger partial charge in [-0.1, -0.05) is 35.9 Å². The Morgan fingerprint density at radius 2 is 1.97 bits per heavy atom. The second kappa shape index (κ2) is 10.5. The van der Waals surface area contributed by atoms with Gasteiger partial charge in [0.15, 0.2) is 0 Å². The molecule has 29 heavy (non-hydrogen) atoms. The number of hydrogen-bond donors (Lipinski definition) is 1. The number of carbonyl (C=O) groups is 1. The summed E-state index contributed by atoms with van der Waals surface area (Å²) in [7, 11) is 5.97. The molecule has 0 spiro atoms. The third-order valence-electron chi connectivity index (χ3n) is 5.51. The van der Waals surface area contributed by atoms with Crippen LogP contribution in [-0.2, 0) is 0 Å². The first-order valence-corrected chi connectivity index (χ1v) is 9.77. The van der Waals surface area contributed by atoms with Crippen LogP contribution in [-0.4, -0.2) is 43.7 Å². The molecule has 2 aromatic rings. The highest BCUT2D eigenvalue weighted by molar-refractivity contribution is 5.88. The number of nitrogens with zero attached hydrogens (tertiary/aromatic N) is 1. The van der Waals surface area contributed by atoms with Gasteiger partial charge in [0.1, 0.15) is 5.75 Å². The van der Waals surface area contributed by atoms with Crippen molar-refractivity contribution in [2.45, 2.75) is 25.2 Å². The van der Waals surface area contributed by atoms with Crippen LogP contribution in [0.5, 0.6) is 5.75 Å². The van der Waals surface area contributed by atoms with Gasteiger partial charge in [-0.25, -0.2) is 4.79 Å². The summed E-state index contributed by atoms with van der Waals surface area (Å²) in [5.41, 5.74) is 3.99. The standard InChI is InChI=1S/C24H29NO3.ClH/c1-25(2)16-21-11-10-18(12-17-6-4-8-20(13-17)24(26)27)14-23(21)19-7-5-9-22(15-19)28-3;/h4-9,12-13,15,21,23H,10-11,14,16H2,1-3H3,(H,26,27);1H/b18-12-;/t21-,23+;/m0./s1. The summed E-state index contributed by atoms with van der Waals surface area (Å²) < 4.78 is 5.44. The molecule has 5 heteroatoms. The zero-order valence-electron chi connectivity index (χ0n) is 17.3. The van der Waals surface area contributed by atoms with Crippen LogP contribution < -0.4 is 4.74 Å². The summed E-state index contributed by atoms with van der Waals surface area (Å²) in [4.78, 5) is 13.5. The fourth-order valence-electron chi connectivity index (χ4n) is 4.20. The fraction of sp³-hybridized carbons (Fsp3) is 0.375. The van der Waals surface area contributed by atoms with E-state index in [1.165, 1.54) is 11.1 Å². The van der Waals surface area contributed by atoms with Crippen molar-refractivity contribution in [3.63, 3.8) is 0 Å². The van der Waals surface area contributed by atoms with Gasteiger partial charge >= 0.3 is 5.97 Å². The van der Waals surface area contributed by atoms with Crippen LogP contribution in [0.25, 0.3) is 6.08 Å². The molecular weight excluding hydrogens is 386 g/mol. The van der Waals surface area contributed by atoms with Crippen molar-refractivity contribution < 1.29 is 14.6 Å². The maximum atomic E-state index is 11.3. The zero-order valence-corrected chi connectivity index (χ0v) is 18.1. The Kier molecular flexibility index (Phi) is 8.30. The molecule has 1 N–H and O–H groups in total. The molecule has 4 nitrogen and oxygen atoms in total. The summed E-state index contributed by atoms with van der Waals surface area (Å²) in [5.74, 6) is 1.03. The van der Waals surface area contributed by atoms with E-state index in [0.717, 1.165) is 37.1 Å². The van der Waals surface area contributed by atoms with Crippen molar-refractivity contribution in [1.29, 1.82) is 0 Å². The number of halogens is 1. The van der Waals surface area contributed by atoms with E-state index >= 15 is 0 Å². The lowest BCUT2D eigenvalue weighted by atomic mass is 9.73. The van der Waals surface area contributed by atoms with Gasteiger partial charge in [0, 0.05) is 6.54 Å². The molecule has 0 aromatic heterocycles. The van der Waals surface area contributed by atoms with Crippen LogP contribution in [0.2, 0.25) is 0 Å². The van der Waals surface area contributed by atoms with Crippen LogP contribution in [0.1, 0.15) is 46.7 Å². The lowest BCUT2D eigenvalue weighted by Crippen LogP contribution is -2.29. The number of aromatic carboxylic acids is 1. The number of benzene rings is 2. The predicted molar refractivity (Wildman–Crippen MR) is 120 cm³/mol. The molecular formula is C24H30ClNO3. The molecule has 1 fully saturated rings. The van der Waals surface area contributed by atoms with E-state index in [9.17, 15) is 9.90 Å². The molecule has 0 radical (unpaired) electrons. The number of methoxy groups -OCH3 is 1.